The van der Waals surface area contributed by atoms with Crippen molar-refractivity contribution in [2.24, 2.45) is 0 Å². The molecule has 1 aromatic carbocycles. The number of rotatable bonds is 5. The Kier molecular flexibility index (Phi) is 5.28. The van der Waals surface area contributed by atoms with Gasteiger partial charge in [0.25, 0.3) is 0 Å². The molecule has 0 saturated carbocycles. The summed E-state index contributed by atoms with van der Waals surface area (Å²) in [4.78, 5) is 2.58. The van der Waals surface area contributed by atoms with Crippen molar-refractivity contribution in [2.75, 3.05) is 32.8 Å². The molecule has 116 valence electrons. The van der Waals surface area contributed by atoms with Gasteiger partial charge in [-0.1, -0.05) is 31.2 Å². The lowest BCUT2D eigenvalue weighted by molar-refractivity contribution is 0.0102. The molecule has 1 aromatic rings. The van der Waals surface area contributed by atoms with Crippen molar-refractivity contribution in [3.8, 4) is 0 Å². The minimum Gasteiger partial charge on any atom is -0.372 e. The zero-order valence-electron chi connectivity index (χ0n) is 13.2. The van der Waals surface area contributed by atoms with Crippen LogP contribution in [0, 0.1) is 0 Å². The second-order valence-electron chi connectivity index (χ2n) is 6.34. The summed E-state index contributed by atoms with van der Waals surface area (Å²) in [6, 6.07) is 9.51. The minimum absolute atomic E-state index is 0.273. The number of ether oxygens (including phenoxy) is 1. The zero-order chi connectivity index (χ0) is 14.5. The third-order valence-corrected chi connectivity index (χ3v) is 4.79. The van der Waals surface area contributed by atoms with Gasteiger partial charge in [0.15, 0.2) is 0 Å². The van der Waals surface area contributed by atoms with E-state index in [1.54, 1.807) is 0 Å². The summed E-state index contributed by atoms with van der Waals surface area (Å²) in [6.07, 6.45) is 5.11. The van der Waals surface area contributed by atoms with Crippen LogP contribution in [0.3, 0.4) is 0 Å². The lowest BCUT2D eigenvalue weighted by atomic mass is 9.96. The lowest BCUT2D eigenvalue weighted by Crippen LogP contribution is -2.44. The molecule has 1 unspecified atom stereocenters. The molecule has 0 aromatic heterocycles. The first kappa shape index (κ1) is 15.0. The summed E-state index contributed by atoms with van der Waals surface area (Å²) in [5.41, 5.74) is 2.89. The predicted octanol–water partition coefficient (Wildman–Crippen LogP) is 2.76. The first-order chi connectivity index (χ1) is 10.4. The molecule has 2 aliphatic heterocycles. The molecule has 1 atom stereocenters. The van der Waals surface area contributed by atoms with Crippen LogP contribution in [0.4, 0.5) is 0 Å². The van der Waals surface area contributed by atoms with Crippen molar-refractivity contribution < 1.29 is 4.74 Å². The van der Waals surface area contributed by atoms with Crippen LogP contribution in [0.15, 0.2) is 24.3 Å². The van der Waals surface area contributed by atoms with Gasteiger partial charge in [-0.2, -0.15) is 0 Å². The summed E-state index contributed by atoms with van der Waals surface area (Å²) >= 11 is 0. The van der Waals surface area contributed by atoms with E-state index in [9.17, 15) is 0 Å². The highest BCUT2D eigenvalue weighted by molar-refractivity contribution is 5.31. The number of fused-ring (bicyclic) bond motifs is 1. The summed E-state index contributed by atoms with van der Waals surface area (Å²) in [7, 11) is 0. The van der Waals surface area contributed by atoms with Gasteiger partial charge in [0.05, 0.1) is 12.7 Å². The third-order valence-electron chi connectivity index (χ3n) is 4.79. The molecule has 1 fully saturated rings. The fourth-order valence-electron chi connectivity index (χ4n) is 3.53. The van der Waals surface area contributed by atoms with Crippen molar-refractivity contribution in [3.63, 3.8) is 0 Å². The van der Waals surface area contributed by atoms with Gasteiger partial charge in [-0.15, -0.1) is 0 Å². The van der Waals surface area contributed by atoms with Crippen LogP contribution >= 0.6 is 0 Å². The van der Waals surface area contributed by atoms with Crippen LogP contribution in [0.25, 0.3) is 0 Å². The Morgan fingerprint density at radius 2 is 2.05 bits per heavy atom. The maximum atomic E-state index is 6.04. The number of nitrogens with one attached hydrogen (secondary N) is 1. The van der Waals surface area contributed by atoms with E-state index < -0.39 is 0 Å². The number of likely N-dealkylation sites (tertiary alicyclic amines) is 1. The van der Waals surface area contributed by atoms with Crippen molar-refractivity contribution in [3.05, 3.63) is 35.4 Å². The quantitative estimate of drug-likeness (QED) is 0.901. The number of nitrogens with zero attached hydrogens (tertiary/aromatic N) is 1. The molecule has 1 saturated heterocycles. The number of benzene rings is 1. The summed E-state index contributed by atoms with van der Waals surface area (Å²) < 4.78 is 6.04. The fraction of sp³-hybridized carbons (Fsp3) is 0.667. The van der Waals surface area contributed by atoms with Crippen molar-refractivity contribution in [2.45, 2.75) is 44.8 Å². The molecule has 0 spiro atoms. The predicted molar refractivity (Wildman–Crippen MR) is 86.6 cm³/mol. The van der Waals surface area contributed by atoms with E-state index in [1.165, 1.54) is 43.5 Å². The van der Waals surface area contributed by atoms with Gasteiger partial charge >= 0.3 is 0 Å². The second-order valence-corrected chi connectivity index (χ2v) is 6.34. The van der Waals surface area contributed by atoms with Gasteiger partial charge < -0.3 is 15.0 Å². The summed E-state index contributed by atoms with van der Waals surface area (Å²) in [5.74, 6) is 0. The molecule has 0 aliphatic carbocycles. The molecule has 0 amide bonds. The standard InChI is InChI=1S/C18H28N2O/c1-2-10-19-16-7-11-20(12-8-16)14-18-17-6-4-3-5-15(17)9-13-21-18/h3-6,16,18-19H,2,7-14H2,1H3. The average Bonchev–Trinajstić information content (AvgIpc) is 2.55. The molecule has 3 nitrogen and oxygen atoms in total. The van der Waals surface area contributed by atoms with Crippen LogP contribution in [0.1, 0.15) is 43.4 Å². The van der Waals surface area contributed by atoms with Crippen LogP contribution in [-0.2, 0) is 11.2 Å². The summed E-state index contributed by atoms with van der Waals surface area (Å²) in [6.45, 7) is 7.71. The maximum absolute atomic E-state index is 6.04. The zero-order valence-corrected chi connectivity index (χ0v) is 13.2. The van der Waals surface area contributed by atoms with Gasteiger partial charge in [-0.3, -0.25) is 0 Å². The molecule has 3 heteroatoms. The maximum Gasteiger partial charge on any atom is 0.0954 e. The number of piperidine rings is 1. The Balaban J connectivity index is 1.52. The number of hydrogen-bond acceptors (Lipinski definition) is 3. The molecule has 1 N–H and O–H groups in total. The molecule has 0 bridgehead atoms. The van der Waals surface area contributed by atoms with Crippen molar-refractivity contribution >= 4 is 0 Å². The highest BCUT2D eigenvalue weighted by Crippen LogP contribution is 2.28. The summed E-state index contributed by atoms with van der Waals surface area (Å²) in [5, 5.41) is 3.65. The smallest absolute Gasteiger partial charge is 0.0954 e. The monoisotopic (exact) mass is 288 g/mol. The van der Waals surface area contributed by atoms with Gasteiger partial charge in [0.1, 0.15) is 0 Å². The van der Waals surface area contributed by atoms with E-state index in [4.69, 9.17) is 4.74 Å². The topological polar surface area (TPSA) is 24.5 Å². The van der Waals surface area contributed by atoms with Crippen LogP contribution in [-0.4, -0.2) is 43.7 Å². The largest absolute Gasteiger partial charge is 0.372 e. The van der Waals surface area contributed by atoms with Gasteiger partial charge in [-0.25, -0.2) is 0 Å². The normalized spacial score (nSPS) is 24.0. The third kappa shape index (κ3) is 3.85. The van der Waals surface area contributed by atoms with E-state index in [1.807, 2.05) is 0 Å². The first-order valence-corrected chi connectivity index (χ1v) is 8.52. The number of hydrogen-bond donors (Lipinski definition) is 1. The van der Waals surface area contributed by atoms with Crippen molar-refractivity contribution in [1.29, 1.82) is 0 Å². The Hall–Kier alpha value is -0.900. The fourth-order valence-corrected chi connectivity index (χ4v) is 3.53. The molecule has 21 heavy (non-hydrogen) atoms. The van der Waals surface area contributed by atoms with E-state index in [0.29, 0.717) is 0 Å². The molecule has 2 aliphatic rings. The average molecular weight is 288 g/mol. The minimum atomic E-state index is 0.273. The molecular weight excluding hydrogens is 260 g/mol. The molecule has 3 rings (SSSR count). The van der Waals surface area contributed by atoms with E-state index in [-0.39, 0.29) is 6.10 Å². The van der Waals surface area contributed by atoms with Gasteiger partial charge in [-0.05, 0) is 56.4 Å². The van der Waals surface area contributed by atoms with Gasteiger partial charge in [0.2, 0.25) is 0 Å². The van der Waals surface area contributed by atoms with Crippen LogP contribution < -0.4 is 5.32 Å². The van der Waals surface area contributed by atoms with Gasteiger partial charge in [0, 0.05) is 12.6 Å². The Morgan fingerprint density at radius 1 is 1.24 bits per heavy atom. The Morgan fingerprint density at radius 3 is 2.86 bits per heavy atom. The highest BCUT2D eigenvalue weighted by atomic mass is 16.5. The lowest BCUT2D eigenvalue weighted by Gasteiger charge is -2.36. The molecule has 2 heterocycles. The molecule has 0 radical (unpaired) electrons. The van der Waals surface area contributed by atoms with Crippen LogP contribution in [0.5, 0.6) is 0 Å². The Labute approximate surface area is 128 Å². The first-order valence-electron chi connectivity index (χ1n) is 8.52. The second kappa shape index (κ2) is 7.39. The SMILES string of the molecule is CCCNC1CCN(CC2OCCc3ccccc32)CC1. The van der Waals surface area contributed by atoms with E-state index in [0.717, 1.165) is 32.2 Å². The van der Waals surface area contributed by atoms with Crippen molar-refractivity contribution in [1.82, 2.24) is 10.2 Å². The Bertz CT molecular complexity index is 441. The van der Waals surface area contributed by atoms with E-state index >= 15 is 0 Å². The van der Waals surface area contributed by atoms with E-state index in [2.05, 4.69) is 41.4 Å². The highest BCUT2D eigenvalue weighted by Gasteiger charge is 2.25. The van der Waals surface area contributed by atoms with Crippen LogP contribution in [0.2, 0.25) is 0 Å². The molecular formula is C18H28N2O.